The van der Waals surface area contributed by atoms with E-state index in [0.717, 1.165) is 46.0 Å². The lowest BCUT2D eigenvalue weighted by molar-refractivity contribution is -0.122. The molecule has 2 heterocycles. The molecule has 0 spiro atoms. The van der Waals surface area contributed by atoms with Gasteiger partial charge in [-0.2, -0.15) is 0 Å². The maximum atomic E-state index is 12.9. The van der Waals surface area contributed by atoms with Crippen molar-refractivity contribution < 1.29 is 9.59 Å². The van der Waals surface area contributed by atoms with E-state index in [1.165, 1.54) is 16.0 Å². The van der Waals surface area contributed by atoms with Gasteiger partial charge in [-0.25, -0.2) is 4.98 Å². The average molecular weight is 465 g/mol. The quantitative estimate of drug-likeness (QED) is 0.324. The SMILES string of the molecule is CC(C)(C)c1ccc(CSc2nc3ccc(N4C(=O)[C@H]5CCCC[C@H]5C4=O)cc3s2)cc1. The number of nitrogens with zero attached hydrogens (tertiary/aromatic N) is 2. The minimum Gasteiger partial charge on any atom is -0.274 e. The topological polar surface area (TPSA) is 50.3 Å². The molecule has 6 heteroatoms. The molecule has 1 aromatic heterocycles. The molecule has 5 rings (SSSR count). The van der Waals surface area contributed by atoms with Gasteiger partial charge in [0.2, 0.25) is 11.8 Å². The van der Waals surface area contributed by atoms with E-state index in [-0.39, 0.29) is 29.1 Å². The van der Waals surface area contributed by atoms with Crippen molar-refractivity contribution >= 4 is 50.8 Å². The molecule has 2 amide bonds. The Kier molecular flexibility index (Phi) is 5.62. The van der Waals surface area contributed by atoms with E-state index in [4.69, 9.17) is 4.98 Å². The van der Waals surface area contributed by atoms with E-state index in [2.05, 4.69) is 45.0 Å². The molecule has 2 aliphatic rings. The number of carbonyl (C=O) groups excluding carboxylic acids is 2. The number of hydrogen-bond acceptors (Lipinski definition) is 5. The molecule has 166 valence electrons. The molecular formula is C26H28N2O2S2. The summed E-state index contributed by atoms with van der Waals surface area (Å²) in [5.41, 5.74) is 4.39. The lowest BCUT2D eigenvalue weighted by Gasteiger charge is -2.19. The van der Waals surface area contributed by atoms with Crippen molar-refractivity contribution in [1.29, 1.82) is 0 Å². The van der Waals surface area contributed by atoms with Gasteiger partial charge < -0.3 is 0 Å². The molecule has 4 nitrogen and oxygen atoms in total. The first-order valence-corrected chi connectivity index (χ1v) is 13.1. The number of carbonyl (C=O) groups is 2. The van der Waals surface area contributed by atoms with Crippen LogP contribution < -0.4 is 4.90 Å². The van der Waals surface area contributed by atoms with Crippen molar-refractivity contribution in [2.45, 2.75) is 62.0 Å². The molecule has 1 aliphatic carbocycles. The Labute approximate surface area is 197 Å². The average Bonchev–Trinajstić information content (AvgIpc) is 3.30. The van der Waals surface area contributed by atoms with Gasteiger partial charge >= 0.3 is 0 Å². The standard InChI is InChI=1S/C26H28N2O2S2/c1-26(2,3)17-10-8-16(9-11-17)15-31-25-27-21-13-12-18(14-22(21)32-25)28-23(29)19-6-4-5-7-20(19)24(28)30/h8-14,19-20H,4-7,15H2,1-3H3/t19-,20+. The predicted molar refractivity (Wildman–Crippen MR) is 132 cm³/mol. The molecule has 3 aromatic rings. The number of benzene rings is 2. The van der Waals surface area contributed by atoms with Crippen LogP contribution in [0.3, 0.4) is 0 Å². The Morgan fingerprint density at radius 1 is 1.00 bits per heavy atom. The minimum absolute atomic E-state index is 0.0168. The molecule has 1 aliphatic heterocycles. The third-order valence-corrected chi connectivity index (χ3v) is 8.87. The van der Waals surface area contributed by atoms with Crippen molar-refractivity contribution in [3.63, 3.8) is 0 Å². The van der Waals surface area contributed by atoms with Crippen molar-refractivity contribution in [2.24, 2.45) is 11.8 Å². The fourth-order valence-electron chi connectivity index (χ4n) is 4.76. The van der Waals surface area contributed by atoms with E-state index in [9.17, 15) is 9.59 Å². The van der Waals surface area contributed by atoms with Crippen LogP contribution in [0.15, 0.2) is 46.8 Å². The maximum absolute atomic E-state index is 12.9. The van der Waals surface area contributed by atoms with Gasteiger partial charge in [0.25, 0.3) is 0 Å². The first-order valence-electron chi connectivity index (χ1n) is 11.3. The van der Waals surface area contributed by atoms with Crippen LogP contribution in [0.2, 0.25) is 0 Å². The highest BCUT2D eigenvalue weighted by molar-refractivity contribution is 8.00. The van der Waals surface area contributed by atoms with Crippen molar-refractivity contribution in [3.8, 4) is 0 Å². The Balaban J connectivity index is 1.32. The molecule has 32 heavy (non-hydrogen) atoms. The summed E-state index contributed by atoms with van der Waals surface area (Å²) in [5.74, 6) is 0.589. The fourth-order valence-corrected chi connectivity index (χ4v) is 6.81. The van der Waals surface area contributed by atoms with Crippen LogP contribution >= 0.6 is 23.1 Å². The number of aromatic nitrogens is 1. The number of rotatable bonds is 4. The Morgan fingerprint density at radius 2 is 1.66 bits per heavy atom. The second-order valence-electron chi connectivity index (χ2n) is 9.88. The van der Waals surface area contributed by atoms with E-state index in [1.54, 1.807) is 23.1 Å². The Bertz CT molecular complexity index is 1150. The lowest BCUT2D eigenvalue weighted by atomic mass is 9.81. The highest BCUT2D eigenvalue weighted by atomic mass is 32.2. The smallest absolute Gasteiger partial charge is 0.237 e. The summed E-state index contributed by atoms with van der Waals surface area (Å²) in [7, 11) is 0. The number of imide groups is 1. The third-order valence-electron chi connectivity index (χ3n) is 6.63. The summed E-state index contributed by atoms with van der Waals surface area (Å²) in [4.78, 5) is 32.0. The molecular weight excluding hydrogens is 436 g/mol. The van der Waals surface area contributed by atoms with Gasteiger partial charge in [-0.15, -0.1) is 11.3 Å². The first kappa shape index (κ1) is 21.7. The molecule has 0 N–H and O–H groups in total. The van der Waals surface area contributed by atoms with Crippen molar-refractivity contribution in [3.05, 3.63) is 53.6 Å². The van der Waals surface area contributed by atoms with Crippen molar-refractivity contribution in [1.82, 2.24) is 4.98 Å². The van der Waals surface area contributed by atoms with E-state index >= 15 is 0 Å². The van der Waals surface area contributed by atoms with Gasteiger partial charge in [-0.3, -0.25) is 14.5 Å². The van der Waals surface area contributed by atoms with Gasteiger partial charge in [0, 0.05) is 5.75 Å². The first-order chi connectivity index (χ1) is 15.3. The number of amides is 2. The van der Waals surface area contributed by atoms with Crippen LogP contribution in [-0.4, -0.2) is 16.8 Å². The number of fused-ring (bicyclic) bond motifs is 2. The number of hydrogen-bond donors (Lipinski definition) is 0. The zero-order chi connectivity index (χ0) is 22.5. The van der Waals surface area contributed by atoms with E-state index in [1.807, 2.05) is 18.2 Å². The summed E-state index contributed by atoms with van der Waals surface area (Å²) in [6.07, 6.45) is 3.76. The summed E-state index contributed by atoms with van der Waals surface area (Å²) in [6.45, 7) is 6.68. The Morgan fingerprint density at radius 3 is 2.28 bits per heavy atom. The maximum Gasteiger partial charge on any atom is 0.237 e. The predicted octanol–water partition coefficient (Wildman–Crippen LogP) is 6.57. The van der Waals surface area contributed by atoms with Crippen LogP contribution in [0.5, 0.6) is 0 Å². The third kappa shape index (κ3) is 3.99. The zero-order valence-corrected chi connectivity index (χ0v) is 20.4. The Hall–Kier alpha value is -2.18. The monoisotopic (exact) mass is 464 g/mol. The van der Waals surface area contributed by atoms with Crippen LogP contribution in [0, 0.1) is 11.8 Å². The minimum atomic E-state index is -0.121. The van der Waals surface area contributed by atoms with Crippen LogP contribution in [0.25, 0.3) is 10.2 Å². The van der Waals surface area contributed by atoms with Gasteiger partial charge in [0.1, 0.15) is 0 Å². The van der Waals surface area contributed by atoms with Crippen LogP contribution in [0.4, 0.5) is 5.69 Å². The molecule has 2 aromatic carbocycles. The molecule has 2 atom stereocenters. The second-order valence-corrected chi connectivity index (χ2v) is 12.1. The molecule has 2 fully saturated rings. The highest BCUT2D eigenvalue weighted by Crippen LogP contribution is 2.41. The van der Waals surface area contributed by atoms with Gasteiger partial charge in [-0.05, 0) is 47.6 Å². The molecule has 1 saturated heterocycles. The van der Waals surface area contributed by atoms with Crippen LogP contribution in [-0.2, 0) is 20.8 Å². The van der Waals surface area contributed by atoms with E-state index < -0.39 is 0 Å². The van der Waals surface area contributed by atoms with E-state index in [0.29, 0.717) is 5.69 Å². The molecule has 0 bridgehead atoms. The number of thioether (sulfide) groups is 1. The summed E-state index contributed by atoms with van der Waals surface area (Å²) in [5, 5.41) is 0. The van der Waals surface area contributed by atoms with Gasteiger partial charge in [0.15, 0.2) is 4.34 Å². The van der Waals surface area contributed by atoms with Gasteiger partial charge in [0.05, 0.1) is 27.7 Å². The highest BCUT2D eigenvalue weighted by Gasteiger charge is 2.48. The fraction of sp³-hybridized carbons (Fsp3) is 0.423. The summed E-state index contributed by atoms with van der Waals surface area (Å²) >= 11 is 3.36. The number of thiazole rings is 1. The number of anilines is 1. The normalized spacial score (nSPS) is 21.4. The summed E-state index contributed by atoms with van der Waals surface area (Å²) in [6, 6.07) is 14.6. The molecule has 0 radical (unpaired) electrons. The van der Waals surface area contributed by atoms with Crippen molar-refractivity contribution in [2.75, 3.05) is 4.90 Å². The largest absolute Gasteiger partial charge is 0.274 e. The zero-order valence-electron chi connectivity index (χ0n) is 18.8. The summed E-state index contributed by atoms with van der Waals surface area (Å²) < 4.78 is 2.02. The molecule has 1 saturated carbocycles. The van der Waals surface area contributed by atoms with Crippen LogP contribution in [0.1, 0.15) is 57.6 Å². The molecule has 0 unspecified atom stereocenters. The van der Waals surface area contributed by atoms with Gasteiger partial charge in [-0.1, -0.05) is 69.6 Å². The lowest BCUT2D eigenvalue weighted by Crippen LogP contribution is -2.30. The second kappa shape index (κ2) is 8.31.